The molecule has 4 nitrogen and oxygen atoms in total. The van der Waals surface area contributed by atoms with Crippen molar-refractivity contribution in [1.29, 1.82) is 0 Å². The Morgan fingerprint density at radius 1 is 1.05 bits per heavy atom. The largest absolute Gasteiger partial charge is 0.493 e. The van der Waals surface area contributed by atoms with Gasteiger partial charge in [-0.15, -0.1) is 0 Å². The fourth-order valence-corrected chi connectivity index (χ4v) is 3.23. The standard InChI is InChI=1S/C16H14BrNO3/c17-13-5-10(6-15-16(13)21-9-20-15)8-18-12-1-2-14-11(7-12)3-4-19-14/h1-2,5-7,18H,3-4,8-9H2. The van der Waals surface area contributed by atoms with Gasteiger partial charge >= 0.3 is 0 Å². The Balaban J connectivity index is 1.51. The van der Waals surface area contributed by atoms with Crippen LogP contribution in [0.2, 0.25) is 0 Å². The molecular formula is C16H14BrNO3. The molecular weight excluding hydrogens is 334 g/mol. The van der Waals surface area contributed by atoms with Crippen molar-refractivity contribution < 1.29 is 14.2 Å². The Morgan fingerprint density at radius 2 is 2.00 bits per heavy atom. The second-order valence-electron chi connectivity index (χ2n) is 5.09. The molecule has 2 aliphatic heterocycles. The quantitative estimate of drug-likeness (QED) is 0.918. The minimum atomic E-state index is 0.287. The third kappa shape index (κ3) is 2.42. The van der Waals surface area contributed by atoms with Gasteiger partial charge in [0.15, 0.2) is 11.5 Å². The average Bonchev–Trinajstić information content (AvgIpc) is 3.13. The van der Waals surface area contributed by atoms with Crippen molar-refractivity contribution in [2.24, 2.45) is 0 Å². The SMILES string of the molecule is Brc1cc(CNc2ccc3c(c2)CCO3)cc2c1OCO2. The van der Waals surface area contributed by atoms with Crippen LogP contribution in [0.1, 0.15) is 11.1 Å². The summed E-state index contributed by atoms with van der Waals surface area (Å²) in [5, 5.41) is 3.44. The van der Waals surface area contributed by atoms with E-state index in [1.165, 1.54) is 5.56 Å². The van der Waals surface area contributed by atoms with E-state index in [4.69, 9.17) is 14.2 Å². The number of hydrogen-bond donors (Lipinski definition) is 1. The summed E-state index contributed by atoms with van der Waals surface area (Å²) in [5.41, 5.74) is 3.52. The molecule has 0 atom stereocenters. The molecule has 2 heterocycles. The van der Waals surface area contributed by atoms with Crippen LogP contribution >= 0.6 is 15.9 Å². The third-order valence-electron chi connectivity index (χ3n) is 3.67. The zero-order chi connectivity index (χ0) is 14.2. The van der Waals surface area contributed by atoms with Crippen LogP contribution in [-0.4, -0.2) is 13.4 Å². The van der Waals surface area contributed by atoms with Crippen LogP contribution in [-0.2, 0) is 13.0 Å². The summed E-state index contributed by atoms with van der Waals surface area (Å²) < 4.78 is 17.3. The van der Waals surface area contributed by atoms with Crippen LogP contribution in [0.15, 0.2) is 34.8 Å². The molecule has 2 aromatic carbocycles. The molecule has 0 saturated heterocycles. The lowest BCUT2D eigenvalue weighted by atomic mass is 10.1. The Hall–Kier alpha value is -1.88. The van der Waals surface area contributed by atoms with Crippen molar-refractivity contribution in [3.63, 3.8) is 0 Å². The predicted molar refractivity (Wildman–Crippen MR) is 83.2 cm³/mol. The zero-order valence-electron chi connectivity index (χ0n) is 11.3. The second-order valence-corrected chi connectivity index (χ2v) is 5.94. The maximum atomic E-state index is 5.52. The number of fused-ring (bicyclic) bond motifs is 2. The Bertz CT molecular complexity index is 702. The van der Waals surface area contributed by atoms with Gasteiger partial charge in [0.2, 0.25) is 6.79 Å². The molecule has 0 amide bonds. The van der Waals surface area contributed by atoms with Gasteiger partial charge in [-0.2, -0.15) is 0 Å². The molecule has 0 bridgehead atoms. The Kier molecular flexibility index (Phi) is 3.15. The van der Waals surface area contributed by atoms with Gasteiger partial charge in [-0.3, -0.25) is 0 Å². The van der Waals surface area contributed by atoms with E-state index in [1.807, 2.05) is 18.2 Å². The van der Waals surface area contributed by atoms with E-state index in [-0.39, 0.29) is 6.79 Å². The summed E-state index contributed by atoms with van der Waals surface area (Å²) in [6, 6.07) is 10.3. The molecule has 0 unspecified atom stereocenters. The van der Waals surface area contributed by atoms with Crippen molar-refractivity contribution in [1.82, 2.24) is 0 Å². The maximum Gasteiger partial charge on any atom is 0.231 e. The minimum absolute atomic E-state index is 0.287. The molecule has 2 aromatic rings. The molecule has 0 saturated carbocycles. The normalized spacial score (nSPS) is 14.7. The van der Waals surface area contributed by atoms with Crippen molar-refractivity contribution in [3.8, 4) is 17.2 Å². The van der Waals surface area contributed by atoms with Crippen molar-refractivity contribution in [3.05, 3.63) is 45.9 Å². The third-order valence-corrected chi connectivity index (χ3v) is 4.26. The molecule has 0 fully saturated rings. The first-order valence-corrected chi connectivity index (χ1v) is 7.66. The predicted octanol–water partition coefficient (Wildman–Crippen LogP) is 3.72. The van der Waals surface area contributed by atoms with Crippen LogP contribution in [0, 0.1) is 0 Å². The summed E-state index contributed by atoms with van der Waals surface area (Å²) in [6.45, 7) is 1.80. The number of nitrogens with one attached hydrogen (secondary N) is 1. The molecule has 0 aromatic heterocycles. The molecule has 1 N–H and O–H groups in total. The van der Waals surface area contributed by atoms with E-state index in [0.717, 1.165) is 52.5 Å². The van der Waals surface area contributed by atoms with E-state index >= 15 is 0 Å². The van der Waals surface area contributed by atoms with Crippen LogP contribution in [0.4, 0.5) is 5.69 Å². The average molecular weight is 348 g/mol. The van der Waals surface area contributed by atoms with Gasteiger partial charge in [-0.25, -0.2) is 0 Å². The van der Waals surface area contributed by atoms with Gasteiger partial charge in [0.1, 0.15) is 5.75 Å². The fraction of sp³-hybridized carbons (Fsp3) is 0.250. The molecule has 4 rings (SSSR count). The highest BCUT2D eigenvalue weighted by atomic mass is 79.9. The van der Waals surface area contributed by atoms with Gasteiger partial charge in [0, 0.05) is 18.7 Å². The smallest absolute Gasteiger partial charge is 0.231 e. The van der Waals surface area contributed by atoms with E-state index in [9.17, 15) is 0 Å². The number of halogens is 1. The van der Waals surface area contributed by atoms with Gasteiger partial charge in [0.25, 0.3) is 0 Å². The summed E-state index contributed by atoms with van der Waals surface area (Å²) >= 11 is 3.52. The van der Waals surface area contributed by atoms with Gasteiger partial charge in [-0.05, 0) is 57.4 Å². The van der Waals surface area contributed by atoms with Crippen molar-refractivity contribution >= 4 is 21.6 Å². The summed E-state index contributed by atoms with van der Waals surface area (Å²) in [4.78, 5) is 0. The molecule has 0 spiro atoms. The molecule has 5 heteroatoms. The maximum absolute atomic E-state index is 5.52. The van der Waals surface area contributed by atoms with E-state index in [0.29, 0.717) is 0 Å². The minimum Gasteiger partial charge on any atom is -0.493 e. The van der Waals surface area contributed by atoms with Crippen molar-refractivity contribution in [2.75, 3.05) is 18.7 Å². The summed E-state index contributed by atoms with van der Waals surface area (Å²) in [7, 11) is 0. The van der Waals surface area contributed by atoms with E-state index in [1.54, 1.807) is 0 Å². The molecule has 21 heavy (non-hydrogen) atoms. The van der Waals surface area contributed by atoms with Crippen molar-refractivity contribution in [2.45, 2.75) is 13.0 Å². The molecule has 108 valence electrons. The van der Waals surface area contributed by atoms with E-state index in [2.05, 4.69) is 33.4 Å². The van der Waals surface area contributed by atoms with Gasteiger partial charge in [-0.1, -0.05) is 0 Å². The Morgan fingerprint density at radius 3 is 2.95 bits per heavy atom. The van der Waals surface area contributed by atoms with Gasteiger partial charge < -0.3 is 19.5 Å². The number of rotatable bonds is 3. The van der Waals surface area contributed by atoms with Crippen LogP contribution in [0.25, 0.3) is 0 Å². The lowest BCUT2D eigenvalue weighted by molar-refractivity contribution is 0.173. The molecule has 0 aliphatic carbocycles. The number of anilines is 1. The lowest BCUT2D eigenvalue weighted by Crippen LogP contribution is -2.00. The topological polar surface area (TPSA) is 39.7 Å². The zero-order valence-corrected chi connectivity index (χ0v) is 12.9. The van der Waals surface area contributed by atoms with Crippen LogP contribution in [0.3, 0.4) is 0 Å². The number of ether oxygens (including phenoxy) is 3. The highest BCUT2D eigenvalue weighted by Crippen LogP contribution is 2.40. The number of hydrogen-bond acceptors (Lipinski definition) is 4. The summed E-state index contributed by atoms with van der Waals surface area (Å²) in [5.74, 6) is 2.59. The fourth-order valence-electron chi connectivity index (χ4n) is 2.62. The second kappa shape index (κ2) is 5.15. The van der Waals surface area contributed by atoms with Crippen LogP contribution < -0.4 is 19.5 Å². The molecule has 0 radical (unpaired) electrons. The van der Waals surface area contributed by atoms with Gasteiger partial charge in [0.05, 0.1) is 11.1 Å². The monoisotopic (exact) mass is 347 g/mol. The number of benzene rings is 2. The first kappa shape index (κ1) is 12.8. The molecule has 2 aliphatic rings. The van der Waals surface area contributed by atoms with Crippen LogP contribution in [0.5, 0.6) is 17.2 Å². The first-order valence-electron chi connectivity index (χ1n) is 6.87. The van der Waals surface area contributed by atoms with E-state index < -0.39 is 0 Å². The lowest BCUT2D eigenvalue weighted by Gasteiger charge is -2.09. The Labute approximate surface area is 131 Å². The highest BCUT2D eigenvalue weighted by molar-refractivity contribution is 9.10. The summed E-state index contributed by atoms with van der Waals surface area (Å²) in [6.07, 6.45) is 0.987. The first-order chi connectivity index (χ1) is 10.3. The highest BCUT2D eigenvalue weighted by Gasteiger charge is 2.18.